The summed E-state index contributed by atoms with van der Waals surface area (Å²) in [7, 11) is 3.37. The van der Waals surface area contributed by atoms with Crippen molar-refractivity contribution in [3.8, 4) is 11.5 Å². The highest BCUT2D eigenvalue weighted by Crippen LogP contribution is 2.35. The maximum atomic E-state index is 12.9. The maximum absolute atomic E-state index is 12.9. The number of hydrogen-bond donors (Lipinski definition) is 0. The van der Waals surface area contributed by atoms with Crippen molar-refractivity contribution < 1.29 is 14.3 Å². The van der Waals surface area contributed by atoms with E-state index in [1.54, 1.807) is 19.1 Å². The van der Waals surface area contributed by atoms with E-state index in [1.165, 1.54) is 28.1 Å². The lowest BCUT2D eigenvalue weighted by molar-refractivity contribution is -0.121. The summed E-state index contributed by atoms with van der Waals surface area (Å²) < 4.78 is 11.8. The Morgan fingerprint density at radius 3 is 2.51 bits per heavy atom. The fourth-order valence-corrected chi connectivity index (χ4v) is 5.17. The summed E-state index contributed by atoms with van der Waals surface area (Å²) in [6.45, 7) is 2.55. The number of fused-ring (bicyclic) bond motifs is 1. The second-order valence-corrected chi connectivity index (χ2v) is 9.74. The molecule has 37 heavy (non-hydrogen) atoms. The predicted octanol–water partition coefficient (Wildman–Crippen LogP) is 7.22. The molecule has 0 unspecified atom stereocenters. The van der Waals surface area contributed by atoms with E-state index in [-0.39, 0.29) is 5.91 Å². The Labute approximate surface area is 221 Å². The highest BCUT2D eigenvalue weighted by Gasteiger charge is 2.30. The second-order valence-electron chi connectivity index (χ2n) is 8.73. The van der Waals surface area contributed by atoms with Gasteiger partial charge in [0.1, 0.15) is 6.61 Å². The van der Waals surface area contributed by atoms with Gasteiger partial charge in [-0.2, -0.15) is 0 Å². The minimum atomic E-state index is -0.0795. The molecule has 0 bridgehead atoms. The molecular weight excluding hydrogens is 480 g/mol. The molecule has 0 radical (unpaired) electrons. The van der Waals surface area contributed by atoms with E-state index in [2.05, 4.69) is 48.3 Å². The smallest absolute Gasteiger partial charge is 0.266 e. The topological polar surface area (TPSA) is 51.1 Å². The number of aryl methyl sites for hydroxylation is 1. The van der Waals surface area contributed by atoms with E-state index < -0.39 is 0 Å². The molecule has 5 nitrogen and oxygen atoms in total. The minimum Gasteiger partial charge on any atom is -0.493 e. The van der Waals surface area contributed by atoms with Gasteiger partial charge in [0.05, 0.1) is 17.7 Å². The molecule has 1 amide bonds. The Morgan fingerprint density at radius 2 is 1.73 bits per heavy atom. The highest BCUT2D eigenvalue weighted by atomic mass is 32.2. The lowest BCUT2D eigenvalue weighted by Crippen LogP contribution is -2.23. The van der Waals surface area contributed by atoms with Crippen LogP contribution < -0.4 is 9.47 Å². The summed E-state index contributed by atoms with van der Waals surface area (Å²) in [5, 5.41) is 3.01. The molecule has 0 atom stereocenters. The molecule has 6 heteroatoms. The summed E-state index contributed by atoms with van der Waals surface area (Å²) in [6, 6.07) is 28.3. The van der Waals surface area contributed by atoms with Crippen molar-refractivity contribution in [3.63, 3.8) is 0 Å². The molecule has 0 spiro atoms. The highest BCUT2D eigenvalue weighted by molar-refractivity contribution is 8.18. The number of thioether (sulfide) groups is 1. The van der Waals surface area contributed by atoms with E-state index in [4.69, 9.17) is 9.47 Å². The van der Waals surface area contributed by atoms with Crippen molar-refractivity contribution in [2.24, 2.45) is 4.99 Å². The van der Waals surface area contributed by atoms with Gasteiger partial charge in [0.25, 0.3) is 5.91 Å². The van der Waals surface area contributed by atoms with Crippen molar-refractivity contribution in [1.82, 2.24) is 4.90 Å². The average molecular weight is 509 g/mol. The van der Waals surface area contributed by atoms with E-state index in [9.17, 15) is 4.79 Å². The first-order chi connectivity index (χ1) is 18.1. The number of nitrogens with zero attached hydrogens (tertiary/aromatic N) is 2. The number of ether oxygens (including phenoxy) is 2. The molecule has 4 aromatic carbocycles. The van der Waals surface area contributed by atoms with Crippen LogP contribution in [0.25, 0.3) is 16.8 Å². The molecule has 1 aliphatic heterocycles. The maximum Gasteiger partial charge on any atom is 0.266 e. The molecule has 5 rings (SSSR count). The molecule has 0 saturated carbocycles. The second kappa shape index (κ2) is 10.9. The number of rotatable bonds is 7. The molecule has 4 aromatic rings. The number of carbonyl (C=O) groups is 1. The molecule has 1 fully saturated rings. The van der Waals surface area contributed by atoms with Crippen LogP contribution in [0.15, 0.2) is 94.8 Å². The summed E-state index contributed by atoms with van der Waals surface area (Å²) in [5.41, 5.74) is 4.05. The van der Waals surface area contributed by atoms with E-state index in [0.717, 1.165) is 23.2 Å². The first kappa shape index (κ1) is 24.7. The molecular formula is C31H28N2O3S. The fraction of sp³-hybridized carbons (Fsp3) is 0.161. The van der Waals surface area contributed by atoms with Crippen LogP contribution in [0.2, 0.25) is 0 Å². The zero-order valence-electron chi connectivity index (χ0n) is 21.1. The van der Waals surface area contributed by atoms with Gasteiger partial charge in [-0.05, 0) is 76.0 Å². The Balaban J connectivity index is 1.34. The SMILES string of the molecule is CCc1ccc(N=C2SC(=Cc3ccc(OCc4cccc5ccccc45)c(OC)c3)C(=O)N2C)cc1. The van der Waals surface area contributed by atoms with Crippen molar-refractivity contribution in [2.75, 3.05) is 14.2 Å². The molecule has 1 saturated heterocycles. The number of amidine groups is 1. The third-order valence-electron chi connectivity index (χ3n) is 6.32. The summed E-state index contributed by atoms with van der Waals surface area (Å²) >= 11 is 1.37. The Hall–Kier alpha value is -4.03. The predicted molar refractivity (Wildman–Crippen MR) is 153 cm³/mol. The van der Waals surface area contributed by atoms with Gasteiger partial charge in [-0.15, -0.1) is 0 Å². The average Bonchev–Trinajstić information content (AvgIpc) is 3.20. The van der Waals surface area contributed by atoms with Crippen LogP contribution >= 0.6 is 11.8 Å². The lowest BCUT2D eigenvalue weighted by Gasteiger charge is -2.13. The number of hydrogen-bond acceptors (Lipinski definition) is 5. The zero-order chi connectivity index (χ0) is 25.8. The minimum absolute atomic E-state index is 0.0795. The van der Waals surface area contributed by atoms with Crippen LogP contribution in [0.3, 0.4) is 0 Å². The van der Waals surface area contributed by atoms with Crippen LogP contribution in [0.4, 0.5) is 5.69 Å². The third kappa shape index (κ3) is 5.39. The standard InChI is InChI=1S/C31H28N2O3S/c1-4-21-12-15-25(16-13-21)32-31-33(2)30(34)29(37-31)19-22-14-17-27(28(18-22)35-3)36-20-24-10-7-9-23-8-5-6-11-26(23)24/h5-19H,4,20H2,1-3H3. The number of benzene rings is 4. The van der Waals surface area contributed by atoms with E-state index >= 15 is 0 Å². The number of carbonyl (C=O) groups excluding carboxylic acids is 1. The van der Waals surface area contributed by atoms with Crippen molar-refractivity contribution in [2.45, 2.75) is 20.0 Å². The van der Waals surface area contributed by atoms with E-state index in [1.807, 2.05) is 54.6 Å². The van der Waals surface area contributed by atoms with Crippen LogP contribution in [-0.2, 0) is 17.8 Å². The van der Waals surface area contributed by atoms with Crippen LogP contribution in [0.5, 0.6) is 11.5 Å². The van der Waals surface area contributed by atoms with Gasteiger partial charge >= 0.3 is 0 Å². The Kier molecular flexibility index (Phi) is 7.28. The van der Waals surface area contributed by atoms with Crippen molar-refractivity contribution >= 4 is 45.4 Å². The first-order valence-corrected chi connectivity index (χ1v) is 13.0. The molecule has 0 N–H and O–H groups in total. The van der Waals surface area contributed by atoms with Crippen LogP contribution in [0, 0.1) is 0 Å². The van der Waals surface area contributed by atoms with E-state index in [0.29, 0.717) is 28.2 Å². The summed E-state index contributed by atoms with van der Waals surface area (Å²) in [6.07, 6.45) is 2.84. The molecule has 1 heterocycles. The third-order valence-corrected chi connectivity index (χ3v) is 7.38. The number of amides is 1. The van der Waals surface area contributed by atoms with Crippen molar-refractivity contribution in [1.29, 1.82) is 0 Å². The number of methoxy groups -OCH3 is 1. The van der Waals surface area contributed by atoms with Crippen LogP contribution in [-0.4, -0.2) is 30.1 Å². The lowest BCUT2D eigenvalue weighted by atomic mass is 10.1. The fourth-order valence-electron chi connectivity index (χ4n) is 4.19. The van der Waals surface area contributed by atoms with Gasteiger partial charge < -0.3 is 9.47 Å². The molecule has 1 aliphatic rings. The molecule has 0 aromatic heterocycles. The Bertz CT molecular complexity index is 1500. The number of aliphatic imine (C=N–C) groups is 1. The van der Waals surface area contributed by atoms with Crippen molar-refractivity contribution in [3.05, 3.63) is 107 Å². The van der Waals surface area contributed by atoms with Gasteiger partial charge in [0, 0.05) is 7.05 Å². The van der Waals surface area contributed by atoms with Crippen LogP contribution in [0.1, 0.15) is 23.6 Å². The van der Waals surface area contributed by atoms with Gasteiger partial charge in [-0.25, -0.2) is 4.99 Å². The monoisotopic (exact) mass is 508 g/mol. The largest absolute Gasteiger partial charge is 0.493 e. The van der Waals surface area contributed by atoms with Gasteiger partial charge in [0.2, 0.25) is 0 Å². The van der Waals surface area contributed by atoms with Gasteiger partial charge in [-0.3, -0.25) is 9.69 Å². The number of likely N-dealkylation sites (N-methyl/N-ethyl adjacent to an activating group) is 1. The Morgan fingerprint density at radius 1 is 0.946 bits per heavy atom. The summed E-state index contributed by atoms with van der Waals surface area (Å²) in [4.78, 5) is 19.8. The van der Waals surface area contributed by atoms with Gasteiger partial charge in [0.15, 0.2) is 16.7 Å². The van der Waals surface area contributed by atoms with Gasteiger partial charge in [-0.1, -0.05) is 67.6 Å². The molecule has 0 aliphatic carbocycles. The first-order valence-electron chi connectivity index (χ1n) is 12.2. The zero-order valence-corrected chi connectivity index (χ0v) is 21.9. The quantitative estimate of drug-likeness (QED) is 0.247. The molecule has 186 valence electrons. The normalized spacial score (nSPS) is 15.6. The summed E-state index contributed by atoms with van der Waals surface area (Å²) in [5.74, 6) is 1.19.